The Morgan fingerprint density at radius 2 is 1.74 bits per heavy atom. The van der Waals surface area contributed by atoms with Crippen LogP contribution in [0.1, 0.15) is 46.5 Å². The molecule has 0 radical (unpaired) electrons. The van der Waals surface area contributed by atoms with Crippen molar-refractivity contribution in [1.82, 2.24) is 15.3 Å². The SMILES string of the molecule is CC(C)(C)OC(=O)NCCCCCCS(=O)(=O)c1ncccn1. The molecule has 0 unspecified atom stereocenters. The third-order valence-electron chi connectivity index (χ3n) is 2.83. The number of nitrogens with one attached hydrogen (secondary N) is 1. The number of ether oxygens (including phenoxy) is 1. The zero-order chi connectivity index (χ0) is 17.3. The molecule has 1 amide bonds. The van der Waals surface area contributed by atoms with Gasteiger partial charge in [0.05, 0.1) is 5.75 Å². The Labute approximate surface area is 137 Å². The normalized spacial score (nSPS) is 12.0. The van der Waals surface area contributed by atoms with Crippen LogP contribution in [-0.2, 0) is 14.6 Å². The average molecular weight is 343 g/mol. The van der Waals surface area contributed by atoms with Crippen LogP contribution in [0.4, 0.5) is 4.79 Å². The van der Waals surface area contributed by atoms with Crippen LogP contribution in [0.5, 0.6) is 0 Å². The molecular formula is C15H25N3O4S. The lowest BCUT2D eigenvalue weighted by Gasteiger charge is -2.19. The van der Waals surface area contributed by atoms with E-state index in [9.17, 15) is 13.2 Å². The molecule has 23 heavy (non-hydrogen) atoms. The van der Waals surface area contributed by atoms with Gasteiger partial charge in [-0.25, -0.2) is 23.2 Å². The number of hydrogen-bond donors (Lipinski definition) is 1. The molecule has 1 heterocycles. The van der Waals surface area contributed by atoms with Gasteiger partial charge in [0, 0.05) is 18.9 Å². The number of amides is 1. The zero-order valence-electron chi connectivity index (χ0n) is 13.9. The topological polar surface area (TPSA) is 98.2 Å². The fourth-order valence-corrected chi connectivity index (χ4v) is 3.02. The maximum absolute atomic E-state index is 11.9. The molecule has 130 valence electrons. The first-order chi connectivity index (χ1) is 10.7. The molecule has 1 aromatic rings. The molecule has 0 spiro atoms. The first-order valence-corrected chi connectivity index (χ1v) is 9.32. The molecule has 1 N–H and O–H groups in total. The summed E-state index contributed by atoms with van der Waals surface area (Å²) in [6, 6.07) is 1.58. The number of nitrogens with zero attached hydrogens (tertiary/aromatic N) is 2. The van der Waals surface area contributed by atoms with E-state index in [2.05, 4.69) is 15.3 Å². The van der Waals surface area contributed by atoms with E-state index in [1.165, 1.54) is 12.4 Å². The Morgan fingerprint density at radius 3 is 2.35 bits per heavy atom. The third-order valence-corrected chi connectivity index (χ3v) is 4.42. The maximum Gasteiger partial charge on any atom is 0.407 e. The number of carbonyl (C=O) groups excluding carboxylic acids is 1. The summed E-state index contributed by atoms with van der Waals surface area (Å²) < 4.78 is 29.0. The van der Waals surface area contributed by atoms with Gasteiger partial charge >= 0.3 is 6.09 Å². The van der Waals surface area contributed by atoms with Crippen molar-refractivity contribution in [1.29, 1.82) is 0 Å². The minimum atomic E-state index is -3.40. The molecule has 0 aliphatic rings. The summed E-state index contributed by atoms with van der Waals surface area (Å²) in [6.45, 7) is 5.94. The number of hydrogen-bond acceptors (Lipinski definition) is 6. The summed E-state index contributed by atoms with van der Waals surface area (Å²) in [5, 5.41) is 2.55. The molecule has 7 nitrogen and oxygen atoms in total. The predicted octanol–water partition coefficient (Wildman–Crippen LogP) is 2.34. The van der Waals surface area contributed by atoms with Gasteiger partial charge in [-0.2, -0.15) is 0 Å². The standard InChI is InChI=1S/C15H25N3O4S/c1-15(2,3)22-14(19)18-9-6-4-5-7-12-23(20,21)13-16-10-8-11-17-13/h8,10-11H,4-7,9,12H2,1-3H3,(H,18,19). The second-order valence-electron chi connectivity index (χ2n) is 6.19. The van der Waals surface area contributed by atoms with Crippen molar-refractivity contribution in [3.05, 3.63) is 18.5 Å². The van der Waals surface area contributed by atoms with E-state index in [0.717, 1.165) is 19.3 Å². The molecule has 0 aromatic carbocycles. The second-order valence-corrected chi connectivity index (χ2v) is 8.20. The van der Waals surface area contributed by atoms with E-state index in [1.807, 2.05) is 20.8 Å². The molecule has 0 saturated carbocycles. The van der Waals surface area contributed by atoms with Crippen LogP contribution < -0.4 is 5.32 Å². The van der Waals surface area contributed by atoms with Crippen molar-refractivity contribution >= 4 is 15.9 Å². The summed E-state index contributed by atoms with van der Waals surface area (Å²) in [7, 11) is -3.40. The molecule has 0 aliphatic carbocycles. The van der Waals surface area contributed by atoms with Gasteiger partial charge in [0.25, 0.3) is 0 Å². The fourth-order valence-electron chi connectivity index (χ4n) is 1.81. The quantitative estimate of drug-likeness (QED) is 0.574. The molecular weight excluding hydrogens is 318 g/mol. The third kappa shape index (κ3) is 8.49. The minimum absolute atomic E-state index is 0.0382. The summed E-state index contributed by atoms with van der Waals surface area (Å²) in [4.78, 5) is 18.9. The molecule has 0 aliphatic heterocycles. The van der Waals surface area contributed by atoms with Gasteiger partial charge in [0.2, 0.25) is 15.0 Å². The van der Waals surface area contributed by atoms with Crippen LogP contribution in [0.25, 0.3) is 0 Å². The summed E-state index contributed by atoms with van der Waals surface area (Å²) in [5.74, 6) is 0.0382. The van der Waals surface area contributed by atoms with Gasteiger partial charge < -0.3 is 10.1 Å². The van der Waals surface area contributed by atoms with Crippen LogP contribution in [0.3, 0.4) is 0 Å². The van der Waals surface area contributed by atoms with E-state index in [4.69, 9.17) is 4.74 Å². The van der Waals surface area contributed by atoms with Crippen molar-refractivity contribution < 1.29 is 17.9 Å². The highest BCUT2D eigenvalue weighted by Crippen LogP contribution is 2.09. The van der Waals surface area contributed by atoms with Gasteiger partial charge in [0.15, 0.2) is 0 Å². The Morgan fingerprint density at radius 1 is 1.13 bits per heavy atom. The van der Waals surface area contributed by atoms with E-state index in [1.54, 1.807) is 6.07 Å². The number of alkyl carbamates (subject to hydrolysis) is 1. The number of rotatable bonds is 8. The van der Waals surface area contributed by atoms with Crippen molar-refractivity contribution in [2.75, 3.05) is 12.3 Å². The Kier molecular flexibility index (Phi) is 7.41. The van der Waals surface area contributed by atoms with Crippen LogP contribution in [0, 0.1) is 0 Å². The molecule has 0 fully saturated rings. The number of sulfone groups is 1. The first kappa shape index (κ1) is 19.3. The maximum atomic E-state index is 11.9. The van der Waals surface area contributed by atoms with Gasteiger partial charge in [0.1, 0.15) is 5.60 Å². The molecule has 0 bridgehead atoms. The predicted molar refractivity (Wildman–Crippen MR) is 86.8 cm³/mol. The Balaban J connectivity index is 2.13. The molecule has 1 aromatic heterocycles. The first-order valence-electron chi connectivity index (χ1n) is 7.67. The zero-order valence-corrected chi connectivity index (χ0v) is 14.7. The highest BCUT2D eigenvalue weighted by Gasteiger charge is 2.17. The summed E-state index contributed by atoms with van der Waals surface area (Å²) >= 11 is 0. The smallest absolute Gasteiger partial charge is 0.407 e. The Bertz CT molecular complexity index is 582. The second kappa shape index (κ2) is 8.81. The van der Waals surface area contributed by atoms with Crippen molar-refractivity contribution in [3.63, 3.8) is 0 Å². The fraction of sp³-hybridized carbons (Fsp3) is 0.667. The lowest BCUT2D eigenvalue weighted by atomic mass is 10.2. The number of carbonyl (C=O) groups is 1. The van der Waals surface area contributed by atoms with E-state index < -0.39 is 21.5 Å². The highest BCUT2D eigenvalue weighted by molar-refractivity contribution is 7.91. The van der Waals surface area contributed by atoms with E-state index in [0.29, 0.717) is 13.0 Å². The minimum Gasteiger partial charge on any atom is -0.444 e. The van der Waals surface area contributed by atoms with Crippen LogP contribution in [0.15, 0.2) is 23.6 Å². The molecule has 8 heteroatoms. The summed E-state index contributed by atoms with van der Waals surface area (Å²) in [6.07, 6.45) is 5.34. The largest absolute Gasteiger partial charge is 0.444 e. The monoisotopic (exact) mass is 343 g/mol. The highest BCUT2D eigenvalue weighted by atomic mass is 32.2. The van der Waals surface area contributed by atoms with Crippen LogP contribution >= 0.6 is 0 Å². The van der Waals surface area contributed by atoms with Gasteiger partial charge in [-0.3, -0.25) is 0 Å². The molecule has 0 atom stereocenters. The number of unbranched alkanes of at least 4 members (excludes halogenated alkanes) is 3. The van der Waals surface area contributed by atoms with E-state index >= 15 is 0 Å². The van der Waals surface area contributed by atoms with Crippen LogP contribution in [-0.4, -0.2) is 42.4 Å². The van der Waals surface area contributed by atoms with Gasteiger partial charge in [-0.1, -0.05) is 12.8 Å². The molecule has 1 rings (SSSR count). The van der Waals surface area contributed by atoms with E-state index in [-0.39, 0.29) is 10.9 Å². The van der Waals surface area contributed by atoms with Crippen molar-refractivity contribution in [3.8, 4) is 0 Å². The van der Waals surface area contributed by atoms with Crippen molar-refractivity contribution in [2.45, 2.75) is 57.2 Å². The summed E-state index contributed by atoms with van der Waals surface area (Å²) in [5.41, 5.74) is -0.502. The number of aromatic nitrogens is 2. The molecule has 0 saturated heterocycles. The lowest BCUT2D eigenvalue weighted by Crippen LogP contribution is -2.32. The average Bonchev–Trinajstić information content (AvgIpc) is 2.45. The lowest BCUT2D eigenvalue weighted by molar-refractivity contribution is 0.0527. The van der Waals surface area contributed by atoms with Gasteiger partial charge in [-0.05, 0) is 39.7 Å². The van der Waals surface area contributed by atoms with Gasteiger partial charge in [-0.15, -0.1) is 0 Å². The Hall–Kier alpha value is -1.70. The van der Waals surface area contributed by atoms with Crippen molar-refractivity contribution in [2.24, 2.45) is 0 Å². The van der Waals surface area contributed by atoms with Crippen LogP contribution in [0.2, 0.25) is 0 Å².